The summed E-state index contributed by atoms with van der Waals surface area (Å²) in [7, 11) is 0.273. The van der Waals surface area contributed by atoms with Crippen LogP contribution in [0, 0.1) is 0 Å². The van der Waals surface area contributed by atoms with Crippen LogP contribution in [0.5, 0.6) is 0 Å². The Balaban J connectivity index is 0.000000807. The van der Waals surface area contributed by atoms with Gasteiger partial charge in [-0.2, -0.15) is 0 Å². The molecule has 2 aliphatic carbocycles. The van der Waals surface area contributed by atoms with Gasteiger partial charge in [0.05, 0.1) is 0 Å². The monoisotopic (exact) mass is 502 g/mol. The van der Waals surface area contributed by atoms with Crippen LogP contribution >= 0.6 is 7.92 Å². The Labute approximate surface area is 152 Å². The molecule has 1 saturated heterocycles. The molecule has 0 nitrogen and oxygen atoms in total. The number of rotatable bonds is 3. The maximum Gasteiger partial charge on any atom is -1.00 e. The quantitative estimate of drug-likeness (QED) is 0.365. The molecule has 1 heterocycles. The molecule has 3 aliphatic rings. The van der Waals surface area contributed by atoms with Crippen LogP contribution in [0.2, 0.25) is 0 Å². The second-order valence-corrected chi connectivity index (χ2v) is 13.3. The van der Waals surface area contributed by atoms with Gasteiger partial charge in [-0.1, -0.05) is 0 Å². The van der Waals surface area contributed by atoms with Crippen LogP contribution in [0.3, 0.4) is 0 Å². The van der Waals surface area contributed by atoms with E-state index in [9.17, 15) is 0 Å². The average Bonchev–Trinajstić information content (AvgIpc) is 2.94. The van der Waals surface area contributed by atoms with E-state index in [1.54, 1.807) is 11.1 Å². The van der Waals surface area contributed by atoms with Gasteiger partial charge in [0, 0.05) is 0 Å². The molecular formula is C17H17Cl2HfP. The second kappa shape index (κ2) is 7.26. The minimum atomic E-state index is -0.720. The number of hydrogen-bond donors (Lipinski definition) is 0. The molecule has 1 fully saturated rings. The Bertz CT molecular complexity index is 633. The normalized spacial score (nSPS) is 24.1. The van der Waals surface area contributed by atoms with Crippen LogP contribution in [0.15, 0.2) is 50.6 Å². The first-order valence-corrected chi connectivity index (χ1v) is 12.7. The van der Waals surface area contributed by atoms with E-state index in [4.69, 9.17) is 0 Å². The maximum absolute atomic E-state index is 2.54. The van der Waals surface area contributed by atoms with Crippen molar-refractivity contribution in [3.63, 3.8) is 0 Å². The third-order valence-corrected chi connectivity index (χ3v) is 13.6. The first-order valence-electron chi connectivity index (χ1n) is 7.08. The fraction of sp³-hybridized carbons (Fsp3) is 0.294. The molecule has 1 aromatic rings. The zero-order valence-corrected chi connectivity index (χ0v) is 17.9. The Morgan fingerprint density at radius 3 is 2.86 bits per heavy atom. The molecule has 0 amide bonds. The zero-order valence-electron chi connectivity index (χ0n) is 11.9. The van der Waals surface area contributed by atoms with Gasteiger partial charge in [-0.25, -0.2) is 0 Å². The molecule has 0 N–H and O–H groups in total. The maximum atomic E-state index is 2.54. The Hall–Kier alpha value is 0.320. The van der Waals surface area contributed by atoms with Crippen molar-refractivity contribution < 1.29 is 47.7 Å². The molecule has 4 heteroatoms. The summed E-state index contributed by atoms with van der Waals surface area (Å²) in [5.41, 5.74) is 4.83. The number of allylic oxidation sites excluding steroid dienone is 5. The molecule has 1 aliphatic heterocycles. The van der Waals surface area contributed by atoms with Gasteiger partial charge in [0.15, 0.2) is 0 Å². The second-order valence-electron chi connectivity index (χ2n) is 5.38. The molecule has 2 atom stereocenters. The van der Waals surface area contributed by atoms with Crippen molar-refractivity contribution in [3.8, 4) is 0 Å². The topological polar surface area (TPSA) is 0 Å². The molecule has 0 bridgehead atoms. The molecular weight excluding hydrogens is 485 g/mol. The van der Waals surface area contributed by atoms with Crippen molar-refractivity contribution in [2.75, 3.05) is 12.3 Å². The van der Waals surface area contributed by atoms with E-state index in [1.165, 1.54) is 24.3 Å². The third-order valence-electron chi connectivity index (χ3n) is 4.33. The van der Waals surface area contributed by atoms with E-state index < -0.39 is 22.9 Å². The average molecular weight is 502 g/mol. The van der Waals surface area contributed by atoms with Crippen LogP contribution in [0.1, 0.15) is 28.1 Å². The molecule has 0 radical (unpaired) electrons. The fourth-order valence-electron chi connectivity index (χ4n) is 3.30. The minimum absolute atomic E-state index is 0. The predicted octanol–water partition coefficient (Wildman–Crippen LogP) is -1.10. The van der Waals surface area contributed by atoms with Crippen LogP contribution in [0.25, 0.3) is 6.08 Å². The molecule has 108 valence electrons. The van der Waals surface area contributed by atoms with Crippen molar-refractivity contribution in [3.05, 3.63) is 61.8 Å². The summed E-state index contributed by atoms with van der Waals surface area (Å²) in [6, 6.07) is 9.00. The molecule has 0 aromatic heterocycles. The van der Waals surface area contributed by atoms with E-state index in [0.29, 0.717) is 0 Å². The van der Waals surface area contributed by atoms with Gasteiger partial charge in [-0.3, -0.25) is 0 Å². The van der Waals surface area contributed by atoms with E-state index in [2.05, 4.69) is 49.4 Å². The van der Waals surface area contributed by atoms with Crippen molar-refractivity contribution in [2.45, 2.75) is 17.0 Å². The van der Waals surface area contributed by atoms with Crippen molar-refractivity contribution in [2.24, 2.45) is 0 Å². The summed E-state index contributed by atoms with van der Waals surface area (Å²) in [5, 5.41) is 1.89. The number of benzene rings is 1. The van der Waals surface area contributed by atoms with E-state index in [0.717, 1.165) is 3.67 Å². The standard InChI is InChI=1S/C9H7.C8H10P.2ClH.Hf/c1-2-5-9-7-3-6-8(9)4-1;1-2-9-6-7-4-3-5-8(7)9;;;/h1-7H;4H,2-3,6H2,1H3;2*1H;/q;;;;+2/p-2. The summed E-state index contributed by atoms with van der Waals surface area (Å²) in [6.45, 7) is 2.38. The van der Waals surface area contributed by atoms with Gasteiger partial charge < -0.3 is 24.8 Å². The molecule has 2 unspecified atom stereocenters. The zero-order chi connectivity index (χ0) is 12.8. The van der Waals surface area contributed by atoms with Crippen LogP contribution < -0.4 is 24.8 Å². The predicted molar refractivity (Wildman–Crippen MR) is 80.3 cm³/mol. The van der Waals surface area contributed by atoms with E-state index >= 15 is 0 Å². The Kier molecular flexibility index (Phi) is 6.11. The number of hydrogen-bond acceptors (Lipinski definition) is 0. The van der Waals surface area contributed by atoms with E-state index in [-0.39, 0.29) is 32.7 Å². The summed E-state index contributed by atoms with van der Waals surface area (Å²) >= 11 is -0.720. The molecule has 4 rings (SSSR count). The van der Waals surface area contributed by atoms with Gasteiger partial charge in [-0.05, 0) is 0 Å². The van der Waals surface area contributed by atoms with Crippen LogP contribution in [0.4, 0.5) is 0 Å². The van der Waals surface area contributed by atoms with Gasteiger partial charge in [0.25, 0.3) is 0 Å². The van der Waals surface area contributed by atoms with Gasteiger partial charge in [0.1, 0.15) is 0 Å². The van der Waals surface area contributed by atoms with Gasteiger partial charge in [-0.15, -0.1) is 0 Å². The van der Waals surface area contributed by atoms with Crippen molar-refractivity contribution in [1.29, 1.82) is 0 Å². The van der Waals surface area contributed by atoms with Crippen LogP contribution in [-0.2, 0) is 22.9 Å². The Morgan fingerprint density at radius 2 is 2.05 bits per heavy atom. The van der Waals surface area contributed by atoms with Crippen molar-refractivity contribution in [1.82, 2.24) is 0 Å². The summed E-state index contributed by atoms with van der Waals surface area (Å²) in [4.78, 5) is 0. The first kappa shape index (κ1) is 17.7. The number of fused-ring (bicyclic) bond motifs is 2. The smallest absolute Gasteiger partial charge is 1.00 e. The largest absolute Gasteiger partial charge is 1.00 e. The molecule has 0 spiro atoms. The number of halogens is 2. The Morgan fingerprint density at radius 1 is 1.24 bits per heavy atom. The molecule has 0 saturated carbocycles. The first-order chi connectivity index (χ1) is 9.36. The van der Waals surface area contributed by atoms with Gasteiger partial charge >= 0.3 is 128 Å². The van der Waals surface area contributed by atoms with Crippen LogP contribution in [-0.4, -0.2) is 12.3 Å². The summed E-state index contributed by atoms with van der Waals surface area (Å²) in [5.74, 6) is 0. The minimum Gasteiger partial charge on any atom is -1.00 e. The third kappa shape index (κ3) is 3.05. The summed E-state index contributed by atoms with van der Waals surface area (Å²) in [6.07, 6.45) is 11.5. The molecule has 21 heavy (non-hydrogen) atoms. The SMILES string of the molecule is CCP1CC2=CC[C]([Hf+2][CH]3C=Cc4ccccc43)=C21.[Cl-].[Cl-]. The fourth-order valence-corrected chi connectivity index (χ4v) is 13.1. The molecule has 1 aromatic carbocycles. The van der Waals surface area contributed by atoms with E-state index in [1.807, 2.05) is 8.64 Å². The summed E-state index contributed by atoms with van der Waals surface area (Å²) < 4.78 is 2.77. The van der Waals surface area contributed by atoms with Crippen molar-refractivity contribution >= 4 is 14.0 Å². The van der Waals surface area contributed by atoms with Gasteiger partial charge in [0.2, 0.25) is 0 Å².